The van der Waals surface area contributed by atoms with Crippen LogP contribution in [0.25, 0.3) is 0 Å². The average Bonchev–Trinajstić information content (AvgIpc) is 3.19. The molecule has 0 spiro atoms. The van der Waals surface area contributed by atoms with E-state index in [2.05, 4.69) is 59.2 Å². The van der Waals surface area contributed by atoms with E-state index >= 15 is 0 Å². The van der Waals surface area contributed by atoms with Crippen LogP contribution in [0.15, 0.2) is 24.3 Å². The van der Waals surface area contributed by atoms with Gasteiger partial charge in [-0.3, -0.25) is 28.5 Å². The molecule has 5 atom stereocenters. The number of unbranched alkanes of at least 4 members (excludes halogenated alkanes) is 1. The monoisotopic (exact) mass is 1090 g/mol. The lowest BCUT2D eigenvalue weighted by atomic mass is 10.1. The topological polar surface area (TPSA) is 468 Å². The molecule has 0 aromatic heterocycles. The highest BCUT2D eigenvalue weighted by molar-refractivity contribution is 14.1. The summed E-state index contributed by atoms with van der Waals surface area (Å²) in [6.45, 7) is 4.18. The second kappa shape index (κ2) is 34.0. The summed E-state index contributed by atoms with van der Waals surface area (Å²) >= 11 is 2.15. The van der Waals surface area contributed by atoms with Crippen LogP contribution in [0.4, 0.5) is 20.1 Å². The van der Waals surface area contributed by atoms with Crippen LogP contribution >= 0.6 is 30.2 Å². The molecule has 1 aromatic carbocycles. The summed E-state index contributed by atoms with van der Waals surface area (Å²) in [6, 6.07) is 0.855. The summed E-state index contributed by atoms with van der Waals surface area (Å²) in [7, 11) is -4.41. The highest BCUT2D eigenvalue weighted by Gasteiger charge is 2.28. The van der Waals surface area contributed by atoms with Crippen LogP contribution in [-0.4, -0.2) is 149 Å². The van der Waals surface area contributed by atoms with Crippen LogP contribution in [0, 0.1) is 15.4 Å². The fraction of sp³-hybridized carbons (Fsp3) is 0.541. The Morgan fingerprint density at radius 2 is 1.06 bits per heavy atom. The Balaban J connectivity index is 0. The van der Waals surface area contributed by atoms with Gasteiger partial charge in [0.2, 0.25) is 0 Å². The van der Waals surface area contributed by atoms with Crippen molar-refractivity contribution in [2.75, 3.05) is 18.0 Å². The second-order valence-electron chi connectivity index (χ2n) is 14.3. The number of nitrogens with one attached hydrogen (secondary N) is 6. The first-order valence-electron chi connectivity index (χ1n) is 19.7. The van der Waals surface area contributed by atoms with E-state index in [1.165, 1.54) is 0 Å². The molecular formula is C37H56IN6O22P. The summed E-state index contributed by atoms with van der Waals surface area (Å²) in [5.74, 6) is -10.2. The molecule has 67 heavy (non-hydrogen) atoms. The fourth-order valence-electron chi connectivity index (χ4n) is 4.92. The summed E-state index contributed by atoms with van der Waals surface area (Å²) in [4.78, 5) is 138. The summed E-state index contributed by atoms with van der Waals surface area (Å²) < 4.78 is 16.2. The molecule has 1 unspecified atom stereocenters. The van der Waals surface area contributed by atoms with Crippen LogP contribution in [0.5, 0.6) is 0 Å². The Bertz CT molecular complexity index is 1870. The minimum Gasteiger partial charge on any atom is -0.481 e. The first-order valence-corrected chi connectivity index (χ1v) is 22.6. The van der Waals surface area contributed by atoms with Crippen molar-refractivity contribution in [3.05, 3.63) is 27.8 Å². The molecule has 0 saturated heterocycles. The minimum absolute atomic E-state index is 0.0516. The number of carbonyl (C=O) groups is 11. The third-order valence-corrected chi connectivity index (χ3v) is 9.76. The lowest BCUT2D eigenvalue weighted by Gasteiger charge is -2.20. The van der Waals surface area contributed by atoms with Gasteiger partial charge in [-0.1, -0.05) is 13.8 Å². The molecule has 0 fully saturated rings. The SMILES string of the molecule is CC(C)C[C@H](NC(=O)N[C@@H](CCC(=O)O)C(=O)O)OC=O.O=C(O)CCC(CP(=O)(O)O)C(=O)O.O=C(O)CC[C@H](NC(=O)N[C@@H](CCCCNC(=O)Nc1ccc(I)cc1)C(=O)O)C(=O)O. The van der Waals surface area contributed by atoms with Gasteiger partial charge in [0.15, 0.2) is 6.23 Å². The van der Waals surface area contributed by atoms with Crippen LogP contribution in [0.1, 0.15) is 78.1 Å². The molecular weight excluding hydrogens is 1040 g/mol. The first kappa shape index (κ1) is 62.8. The third kappa shape index (κ3) is 35.6. The maximum Gasteiger partial charge on any atom is 0.326 e. The standard InChI is InChI=1S/C19H25IN4O8.C12H20N2O7.C6H11O7P/c20-11-4-6-12(7-5-11)22-18(31)21-10-2-1-3-13(16(27)28)23-19(32)24-14(17(29)30)8-9-15(25)26;1-7(2)5-9(21-6-15)14-12(20)13-8(11(18)19)3-4-10(16)17;7-5(8)2-1-4(6(9)10)3-14(11,12)13/h4-7,13-14H,1-3,8-10H2,(H,25,26)(H,27,28)(H,29,30)(H2,21,22,31)(H2,23,24,32);6-9H,3-5H2,1-2H3,(H,16,17)(H,18,19)(H2,13,14,20);4H,1-3H2,(H,7,8)(H,9,10)(H2,11,12,13)/t13-,14-;8-,9+;/m00./s1. The number of urea groups is 3. The molecule has 0 bridgehead atoms. The number of carboxylic acid groups (broad SMARTS) is 7. The van der Waals surface area contributed by atoms with Crippen LogP contribution in [0.3, 0.4) is 0 Å². The first-order chi connectivity index (χ1) is 31.1. The lowest BCUT2D eigenvalue weighted by Crippen LogP contribution is -2.51. The van der Waals surface area contributed by atoms with E-state index in [9.17, 15) is 62.4 Å². The number of rotatable bonds is 29. The molecule has 30 heteroatoms. The van der Waals surface area contributed by atoms with E-state index in [1.54, 1.807) is 12.1 Å². The van der Waals surface area contributed by atoms with Gasteiger partial charge in [-0.05, 0) is 91.3 Å². The Labute approximate surface area is 395 Å². The van der Waals surface area contributed by atoms with Gasteiger partial charge < -0.3 is 82.2 Å². The van der Waals surface area contributed by atoms with E-state index in [0.717, 1.165) is 3.57 Å². The fourth-order valence-corrected chi connectivity index (χ4v) is 6.19. The molecule has 0 radical (unpaired) electrons. The maximum absolute atomic E-state index is 11.9. The van der Waals surface area contributed by atoms with E-state index in [4.69, 9.17) is 40.4 Å². The lowest BCUT2D eigenvalue weighted by molar-refractivity contribution is -0.143. The molecule has 0 saturated carbocycles. The normalized spacial score (nSPS) is 12.7. The summed E-state index contributed by atoms with van der Waals surface area (Å²) in [6.07, 6.45) is -2.63. The number of ether oxygens (including phenoxy) is 1. The van der Waals surface area contributed by atoms with Crippen molar-refractivity contribution in [3.63, 3.8) is 0 Å². The zero-order valence-corrected chi connectivity index (χ0v) is 39.0. The molecule has 6 amide bonds. The van der Waals surface area contributed by atoms with Gasteiger partial charge in [0, 0.05) is 41.5 Å². The Morgan fingerprint density at radius 1 is 0.627 bits per heavy atom. The van der Waals surface area contributed by atoms with Gasteiger partial charge in [0.1, 0.15) is 18.1 Å². The average molecular weight is 1090 g/mol. The van der Waals surface area contributed by atoms with Gasteiger partial charge >= 0.3 is 67.5 Å². The molecule has 1 aromatic rings. The Morgan fingerprint density at radius 3 is 1.45 bits per heavy atom. The number of aliphatic carboxylic acids is 7. The second-order valence-corrected chi connectivity index (χ2v) is 17.3. The molecule has 15 N–H and O–H groups in total. The smallest absolute Gasteiger partial charge is 0.326 e. The number of carboxylic acids is 7. The van der Waals surface area contributed by atoms with Gasteiger partial charge in [0.25, 0.3) is 6.47 Å². The predicted octanol–water partition coefficient (Wildman–Crippen LogP) is 1.53. The molecule has 378 valence electrons. The number of benzene rings is 1. The van der Waals surface area contributed by atoms with Crippen molar-refractivity contribution in [1.82, 2.24) is 26.6 Å². The van der Waals surface area contributed by atoms with E-state index in [-0.39, 0.29) is 44.6 Å². The number of carbonyl (C=O) groups excluding carboxylic acids is 4. The zero-order valence-electron chi connectivity index (χ0n) is 36.0. The van der Waals surface area contributed by atoms with Crippen molar-refractivity contribution >= 4 is 102 Å². The molecule has 28 nitrogen and oxygen atoms in total. The molecule has 1 rings (SSSR count). The highest BCUT2D eigenvalue weighted by atomic mass is 127. The molecule has 0 aliphatic heterocycles. The van der Waals surface area contributed by atoms with E-state index < -0.39 is 123 Å². The number of anilines is 1. The minimum atomic E-state index is -4.41. The van der Waals surface area contributed by atoms with Crippen LogP contribution < -0.4 is 31.9 Å². The number of hydrogen-bond donors (Lipinski definition) is 15. The van der Waals surface area contributed by atoms with E-state index in [0.29, 0.717) is 24.9 Å². The maximum atomic E-state index is 11.9. The van der Waals surface area contributed by atoms with Crippen molar-refractivity contribution < 1.29 is 108 Å². The molecule has 0 aliphatic rings. The number of halogens is 1. The summed E-state index contributed by atoms with van der Waals surface area (Å²) in [5, 5.41) is 75.0. The Hall–Kier alpha value is -6.33. The highest BCUT2D eigenvalue weighted by Crippen LogP contribution is 2.38. The molecule has 0 aliphatic carbocycles. The number of amides is 6. The predicted molar refractivity (Wildman–Crippen MR) is 237 cm³/mol. The zero-order chi connectivity index (χ0) is 51.9. The third-order valence-electron chi connectivity index (χ3n) is 8.12. The van der Waals surface area contributed by atoms with E-state index in [1.807, 2.05) is 26.0 Å². The van der Waals surface area contributed by atoms with Gasteiger partial charge in [0.05, 0.1) is 12.1 Å². The summed E-state index contributed by atoms with van der Waals surface area (Å²) in [5.41, 5.74) is 0.632. The molecule has 0 heterocycles. The van der Waals surface area contributed by atoms with Crippen molar-refractivity contribution in [2.24, 2.45) is 11.8 Å². The van der Waals surface area contributed by atoms with Crippen molar-refractivity contribution in [2.45, 2.75) is 102 Å². The van der Waals surface area contributed by atoms with Crippen LogP contribution in [-0.2, 0) is 47.7 Å². The number of hydrogen-bond acceptors (Lipinski definition) is 13. The quantitative estimate of drug-likeness (QED) is 0.0178. The van der Waals surface area contributed by atoms with Crippen molar-refractivity contribution in [3.8, 4) is 0 Å². The van der Waals surface area contributed by atoms with Gasteiger partial charge in [-0.15, -0.1) is 0 Å². The van der Waals surface area contributed by atoms with Gasteiger partial charge in [-0.25, -0.2) is 28.8 Å². The Kier molecular flexibility index (Phi) is 31.9. The van der Waals surface area contributed by atoms with Crippen molar-refractivity contribution in [1.29, 1.82) is 0 Å². The van der Waals surface area contributed by atoms with Crippen LogP contribution in [0.2, 0.25) is 0 Å². The van der Waals surface area contributed by atoms with Gasteiger partial charge in [-0.2, -0.15) is 0 Å². The largest absolute Gasteiger partial charge is 0.481 e.